The van der Waals surface area contributed by atoms with Gasteiger partial charge in [0.25, 0.3) is 5.56 Å². The maximum atomic E-state index is 12.9. The van der Waals surface area contributed by atoms with Gasteiger partial charge in [-0.15, -0.1) is 0 Å². The first-order valence-electron chi connectivity index (χ1n) is 10.6. The zero-order chi connectivity index (χ0) is 21.3. The van der Waals surface area contributed by atoms with Crippen molar-refractivity contribution in [2.45, 2.75) is 33.7 Å². The lowest BCUT2D eigenvalue weighted by molar-refractivity contribution is 0.715. The fourth-order valence-corrected chi connectivity index (χ4v) is 4.22. The summed E-state index contributed by atoms with van der Waals surface area (Å²) >= 11 is 0. The van der Waals surface area contributed by atoms with Crippen molar-refractivity contribution in [1.82, 2.24) is 14.5 Å². The zero-order valence-electron chi connectivity index (χ0n) is 18.2. The standard InChI is InChI=1S/C26H29N3O/c1-5-24-23(17-27-6-2)22-12-11-21(16-25(22)28(24)4)29-14-13-20(15-26(29)30)19-9-7-18(3)8-10-19/h7-16,27H,5-6,17H2,1-4H3. The minimum atomic E-state index is -0.0229. The molecule has 0 atom stereocenters. The number of rotatable bonds is 6. The van der Waals surface area contributed by atoms with Crippen molar-refractivity contribution in [3.63, 3.8) is 0 Å². The average Bonchev–Trinajstić information content (AvgIpc) is 3.03. The van der Waals surface area contributed by atoms with Crippen LogP contribution >= 0.6 is 0 Å². The number of nitrogens with zero attached hydrogens (tertiary/aromatic N) is 2. The Kier molecular flexibility index (Phi) is 5.60. The Hall–Kier alpha value is -3.11. The molecule has 30 heavy (non-hydrogen) atoms. The molecule has 4 aromatic rings. The number of hydrogen-bond donors (Lipinski definition) is 1. The lowest BCUT2D eigenvalue weighted by Gasteiger charge is -2.09. The van der Waals surface area contributed by atoms with Crippen LogP contribution in [0.1, 0.15) is 30.7 Å². The molecule has 0 aliphatic heterocycles. The largest absolute Gasteiger partial charge is 0.347 e. The van der Waals surface area contributed by atoms with Gasteiger partial charge in [0.1, 0.15) is 0 Å². The third-order valence-electron chi connectivity index (χ3n) is 5.89. The van der Waals surface area contributed by atoms with Crippen LogP contribution in [0.3, 0.4) is 0 Å². The van der Waals surface area contributed by atoms with Gasteiger partial charge in [0, 0.05) is 36.9 Å². The first-order chi connectivity index (χ1) is 14.5. The molecular weight excluding hydrogens is 370 g/mol. The lowest BCUT2D eigenvalue weighted by Crippen LogP contribution is -2.16. The topological polar surface area (TPSA) is 39.0 Å². The van der Waals surface area contributed by atoms with E-state index in [0.717, 1.165) is 41.8 Å². The van der Waals surface area contributed by atoms with Crippen LogP contribution in [0.25, 0.3) is 27.7 Å². The molecule has 2 heterocycles. The highest BCUT2D eigenvalue weighted by molar-refractivity contribution is 5.87. The third kappa shape index (κ3) is 3.59. The van der Waals surface area contributed by atoms with E-state index < -0.39 is 0 Å². The molecule has 2 aromatic carbocycles. The first kappa shape index (κ1) is 20.2. The van der Waals surface area contributed by atoms with E-state index in [9.17, 15) is 4.79 Å². The van der Waals surface area contributed by atoms with Gasteiger partial charge in [0.2, 0.25) is 0 Å². The van der Waals surface area contributed by atoms with E-state index in [2.05, 4.69) is 74.1 Å². The van der Waals surface area contributed by atoms with Crippen LogP contribution in [0.5, 0.6) is 0 Å². The Morgan fingerprint density at radius 3 is 2.37 bits per heavy atom. The number of pyridine rings is 1. The summed E-state index contributed by atoms with van der Waals surface area (Å²) in [7, 11) is 2.11. The SMILES string of the molecule is CCNCc1c(CC)n(C)c2cc(-n3ccc(-c4ccc(C)cc4)cc3=O)ccc12. The Morgan fingerprint density at radius 1 is 0.933 bits per heavy atom. The molecule has 0 aliphatic carbocycles. The van der Waals surface area contributed by atoms with Gasteiger partial charge in [-0.05, 0) is 54.8 Å². The minimum Gasteiger partial charge on any atom is -0.347 e. The van der Waals surface area contributed by atoms with Crippen molar-refractivity contribution in [3.8, 4) is 16.8 Å². The van der Waals surface area contributed by atoms with Crippen molar-refractivity contribution in [3.05, 3.63) is 88.0 Å². The second-order valence-corrected chi connectivity index (χ2v) is 7.81. The summed E-state index contributed by atoms with van der Waals surface area (Å²) in [5, 5.41) is 4.71. The summed E-state index contributed by atoms with van der Waals surface area (Å²) in [6, 6.07) is 18.3. The minimum absolute atomic E-state index is 0.0229. The molecule has 1 N–H and O–H groups in total. The van der Waals surface area contributed by atoms with Crippen molar-refractivity contribution in [2.24, 2.45) is 7.05 Å². The fraction of sp³-hybridized carbons (Fsp3) is 0.269. The molecular formula is C26H29N3O. The second-order valence-electron chi connectivity index (χ2n) is 7.81. The van der Waals surface area contributed by atoms with Gasteiger partial charge in [0.15, 0.2) is 0 Å². The molecule has 0 saturated carbocycles. The molecule has 0 radical (unpaired) electrons. The van der Waals surface area contributed by atoms with Gasteiger partial charge < -0.3 is 9.88 Å². The summed E-state index contributed by atoms with van der Waals surface area (Å²) in [6.45, 7) is 8.19. The van der Waals surface area contributed by atoms with Gasteiger partial charge in [-0.3, -0.25) is 9.36 Å². The summed E-state index contributed by atoms with van der Waals surface area (Å²) < 4.78 is 3.98. The highest BCUT2D eigenvalue weighted by Gasteiger charge is 2.14. The number of hydrogen-bond acceptors (Lipinski definition) is 2. The molecule has 0 fully saturated rings. The molecule has 4 rings (SSSR count). The summed E-state index contributed by atoms with van der Waals surface area (Å²) in [6.07, 6.45) is 2.86. The van der Waals surface area contributed by atoms with Crippen LogP contribution in [0.15, 0.2) is 65.6 Å². The summed E-state index contributed by atoms with van der Waals surface area (Å²) in [5.41, 5.74) is 7.93. The average molecular weight is 400 g/mol. The van der Waals surface area contributed by atoms with E-state index >= 15 is 0 Å². The number of benzene rings is 2. The lowest BCUT2D eigenvalue weighted by atomic mass is 10.1. The molecule has 4 nitrogen and oxygen atoms in total. The van der Waals surface area contributed by atoms with Gasteiger partial charge in [-0.25, -0.2) is 0 Å². The molecule has 154 valence electrons. The van der Waals surface area contributed by atoms with E-state index in [1.54, 1.807) is 10.6 Å². The van der Waals surface area contributed by atoms with Crippen molar-refractivity contribution < 1.29 is 0 Å². The van der Waals surface area contributed by atoms with Gasteiger partial charge >= 0.3 is 0 Å². The molecule has 0 saturated heterocycles. The van der Waals surface area contributed by atoms with Crippen molar-refractivity contribution in [1.29, 1.82) is 0 Å². The maximum absolute atomic E-state index is 12.9. The molecule has 0 spiro atoms. The quantitative estimate of drug-likeness (QED) is 0.497. The molecule has 0 unspecified atom stereocenters. The van der Waals surface area contributed by atoms with Crippen molar-refractivity contribution in [2.75, 3.05) is 6.54 Å². The molecule has 2 aromatic heterocycles. The number of aromatic nitrogens is 2. The van der Waals surface area contributed by atoms with Crippen LogP contribution in [0.4, 0.5) is 0 Å². The van der Waals surface area contributed by atoms with Crippen LogP contribution in [0, 0.1) is 6.92 Å². The van der Waals surface area contributed by atoms with Crippen LogP contribution in [-0.2, 0) is 20.0 Å². The Balaban J connectivity index is 1.77. The number of fused-ring (bicyclic) bond motifs is 1. The van der Waals surface area contributed by atoms with E-state index in [-0.39, 0.29) is 5.56 Å². The first-order valence-corrected chi connectivity index (χ1v) is 10.6. The molecule has 4 heteroatoms. The highest BCUT2D eigenvalue weighted by Crippen LogP contribution is 2.28. The summed E-state index contributed by atoms with van der Waals surface area (Å²) in [5.74, 6) is 0. The number of nitrogens with one attached hydrogen (secondary N) is 1. The van der Waals surface area contributed by atoms with E-state index in [1.807, 2.05) is 18.3 Å². The Labute approximate surface area is 177 Å². The monoisotopic (exact) mass is 399 g/mol. The maximum Gasteiger partial charge on any atom is 0.255 e. The molecule has 0 aliphatic rings. The molecule has 0 amide bonds. The van der Waals surface area contributed by atoms with E-state index in [4.69, 9.17) is 0 Å². The van der Waals surface area contributed by atoms with E-state index in [0.29, 0.717) is 0 Å². The van der Waals surface area contributed by atoms with E-state index in [1.165, 1.54) is 22.2 Å². The fourth-order valence-electron chi connectivity index (χ4n) is 4.22. The predicted octanol–water partition coefficient (Wildman–Crippen LogP) is 4.98. The zero-order valence-corrected chi connectivity index (χ0v) is 18.2. The highest BCUT2D eigenvalue weighted by atomic mass is 16.1. The van der Waals surface area contributed by atoms with Crippen LogP contribution < -0.4 is 10.9 Å². The van der Waals surface area contributed by atoms with Crippen LogP contribution in [-0.4, -0.2) is 15.7 Å². The normalized spacial score (nSPS) is 11.3. The summed E-state index contributed by atoms with van der Waals surface area (Å²) in [4.78, 5) is 12.9. The third-order valence-corrected chi connectivity index (χ3v) is 5.89. The Morgan fingerprint density at radius 2 is 1.70 bits per heavy atom. The van der Waals surface area contributed by atoms with Crippen molar-refractivity contribution >= 4 is 10.9 Å². The molecule has 0 bridgehead atoms. The van der Waals surface area contributed by atoms with Crippen LogP contribution in [0.2, 0.25) is 0 Å². The second kappa shape index (κ2) is 8.33. The van der Waals surface area contributed by atoms with Gasteiger partial charge in [-0.1, -0.05) is 49.7 Å². The van der Waals surface area contributed by atoms with Gasteiger partial charge in [-0.2, -0.15) is 0 Å². The number of aryl methyl sites for hydroxylation is 2. The smallest absolute Gasteiger partial charge is 0.255 e. The van der Waals surface area contributed by atoms with Gasteiger partial charge in [0.05, 0.1) is 11.2 Å². The predicted molar refractivity (Wildman–Crippen MR) is 125 cm³/mol. The Bertz CT molecular complexity index is 1250.